The summed E-state index contributed by atoms with van der Waals surface area (Å²) in [6, 6.07) is 18.5. The second-order valence-corrected chi connectivity index (χ2v) is 7.93. The highest BCUT2D eigenvalue weighted by atomic mass is 32.2. The molecule has 0 saturated heterocycles. The first-order chi connectivity index (χ1) is 13.3. The van der Waals surface area contributed by atoms with E-state index in [1.54, 1.807) is 7.11 Å². The second-order valence-electron chi connectivity index (χ2n) is 5.99. The Kier molecular flexibility index (Phi) is 5.38. The van der Waals surface area contributed by atoms with Crippen molar-refractivity contribution in [2.45, 2.75) is 5.16 Å². The molecule has 27 heavy (non-hydrogen) atoms. The van der Waals surface area contributed by atoms with Gasteiger partial charge in [0.25, 0.3) is 5.56 Å². The number of hydrogen-bond acceptors (Lipinski definition) is 5. The smallest absolute Gasteiger partial charge is 0.260 e. The summed E-state index contributed by atoms with van der Waals surface area (Å²) >= 11 is 2.99. The molecule has 2 heterocycles. The Morgan fingerprint density at radius 1 is 1.04 bits per heavy atom. The van der Waals surface area contributed by atoms with Crippen LogP contribution < -0.4 is 5.56 Å². The molecular formula is C21H18N2O2S2. The number of ether oxygens (including phenoxy) is 1. The maximum absolute atomic E-state index is 12.6. The van der Waals surface area contributed by atoms with Gasteiger partial charge in [-0.1, -0.05) is 66.4 Å². The Morgan fingerprint density at radius 2 is 1.74 bits per heavy atom. The van der Waals surface area contributed by atoms with Gasteiger partial charge < -0.3 is 9.72 Å². The van der Waals surface area contributed by atoms with Gasteiger partial charge in [0.05, 0.1) is 12.0 Å². The van der Waals surface area contributed by atoms with E-state index in [4.69, 9.17) is 4.74 Å². The maximum Gasteiger partial charge on any atom is 0.260 e. The Bertz CT molecular complexity index is 1100. The van der Waals surface area contributed by atoms with Crippen LogP contribution in [0.4, 0.5) is 0 Å². The molecule has 0 atom stereocenters. The van der Waals surface area contributed by atoms with E-state index in [1.165, 1.54) is 28.7 Å². The van der Waals surface area contributed by atoms with Crippen molar-refractivity contribution in [1.82, 2.24) is 9.97 Å². The molecule has 1 N–H and O–H groups in total. The minimum absolute atomic E-state index is 0.0942. The molecule has 4 nitrogen and oxygen atoms in total. The fraction of sp³-hybridized carbons (Fsp3) is 0.143. The molecule has 0 amide bonds. The lowest BCUT2D eigenvalue weighted by atomic mass is 10.0. The van der Waals surface area contributed by atoms with E-state index in [0.29, 0.717) is 17.1 Å². The van der Waals surface area contributed by atoms with Crippen LogP contribution in [0.25, 0.3) is 32.5 Å². The highest BCUT2D eigenvalue weighted by Gasteiger charge is 2.13. The first-order valence-corrected chi connectivity index (χ1v) is 10.4. The molecule has 4 rings (SSSR count). The van der Waals surface area contributed by atoms with Crippen LogP contribution in [-0.4, -0.2) is 29.4 Å². The van der Waals surface area contributed by atoms with Crippen molar-refractivity contribution in [3.8, 4) is 22.3 Å². The van der Waals surface area contributed by atoms with E-state index in [9.17, 15) is 4.79 Å². The number of aromatic amines is 1. The van der Waals surface area contributed by atoms with Crippen molar-refractivity contribution in [3.05, 3.63) is 70.3 Å². The molecule has 0 aliphatic rings. The Morgan fingerprint density at radius 3 is 2.48 bits per heavy atom. The zero-order chi connectivity index (χ0) is 18.6. The topological polar surface area (TPSA) is 55.0 Å². The van der Waals surface area contributed by atoms with E-state index >= 15 is 0 Å². The Balaban J connectivity index is 1.67. The number of fused-ring (bicyclic) bond motifs is 1. The van der Waals surface area contributed by atoms with Crippen molar-refractivity contribution in [2.75, 3.05) is 19.5 Å². The summed E-state index contributed by atoms with van der Waals surface area (Å²) in [6.07, 6.45) is 0. The highest BCUT2D eigenvalue weighted by molar-refractivity contribution is 7.99. The minimum Gasteiger partial charge on any atom is -0.384 e. The number of rotatable bonds is 6. The fourth-order valence-electron chi connectivity index (χ4n) is 2.90. The predicted molar refractivity (Wildman–Crippen MR) is 114 cm³/mol. The van der Waals surface area contributed by atoms with Crippen LogP contribution in [0.2, 0.25) is 0 Å². The molecular weight excluding hydrogens is 376 g/mol. The minimum atomic E-state index is -0.0942. The molecule has 0 fully saturated rings. The summed E-state index contributed by atoms with van der Waals surface area (Å²) in [5, 5.41) is 3.30. The maximum atomic E-state index is 12.6. The van der Waals surface area contributed by atoms with Gasteiger partial charge in [-0.3, -0.25) is 4.79 Å². The van der Waals surface area contributed by atoms with Gasteiger partial charge in [-0.05, 0) is 16.7 Å². The number of H-pyrrole nitrogens is 1. The molecule has 4 aromatic rings. The number of hydrogen-bond donors (Lipinski definition) is 1. The third-order valence-electron chi connectivity index (χ3n) is 4.25. The van der Waals surface area contributed by atoms with Crippen LogP contribution in [0.15, 0.2) is 69.9 Å². The van der Waals surface area contributed by atoms with E-state index < -0.39 is 0 Å². The lowest BCUT2D eigenvalue weighted by Gasteiger charge is -2.04. The van der Waals surface area contributed by atoms with Crippen molar-refractivity contribution in [2.24, 2.45) is 0 Å². The van der Waals surface area contributed by atoms with Gasteiger partial charge in [-0.15, -0.1) is 11.3 Å². The van der Waals surface area contributed by atoms with Gasteiger partial charge in [0.15, 0.2) is 5.16 Å². The van der Waals surface area contributed by atoms with Crippen LogP contribution in [0.1, 0.15) is 0 Å². The van der Waals surface area contributed by atoms with Gasteiger partial charge in [-0.2, -0.15) is 0 Å². The molecule has 0 aliphatic heterocycles. The standard InChI is InChI=1S/C21H18N2O2S2/c1-25-11-12-26-21-22-19(24)18-17(13-27-20(18)23-21)16-9-7-15(8-10-16)14-5-3-2-4-6-14/h2-10,13H,11-12H2,1H3,(H,22,23,24). The molecule has 6 heteroatoms. The lowest BCUT2D eigenvalue weighted by Crippen LogP contribution is -2.09. The monoisotopic (exact) mass is 394 g/mol. The SMILES string of the molecule is COCCSc1nc2scc(-c3ccc(-c4ccccc4)cc3)c2c(=O)[nH]1. The third kappa shape index (κ3) is 3.83. The number of thioether (sulfide) groups is 1. The zero-order valence-electron chi connectivity index (χ0n) is 14.8. The predicted octanol–water partition coefficient (Wildman–Crippen LogP) is 5.06. The number of nitrogens with zero attached hydrogens (tertiary/aromatic N) is 1. The van der Waals surface area contributed by atoms with E-state index in [0.717, 1.165) is 27.3 Å². The summed E-state index contributed by atoms with van der Waals surface area (Å²) in [4.78, 5) is 20.9. The average Bonchev–Trinajstić information content (AvgIpc) is 3.14. The van der Waals surface area contributed by atoms with E-state index in [1.807, 2.05) is 23.6 Å². The summed E-state index contributed by atoms with van der Waals surface area (Å²) in [6.45, 7) is 0.621. The van der Waals surface area contributed by atoms with Crippen molar-refractivity contribution < 1.29 is 4.74 Å². The van der Waals surface area contributed by atoms with Crippen LogP contribution in [0, 0.1) is 0 Å². The summed E-state index contributed by atoms with van der Waals surface area (Å²) in [7, 11) is 1.66. The van der Waals surface area contributed by atoms with Gasteiger partial charge >= 0.3 is 0 Å². The molecule has 136 valence electrons. The van der Waals surface area contributed by atoms with E-state index in [-0.39, 0.29) is 5.56 Å². The molecule has 2 aromatic carbocycles. The van der Waals surface area contributed by atoms with Crippen LogP contribution in [-0.2, 0) is 4.74 Å². The zero-order valence-corrected chi connectivity index (χ0v) is 16.4. The molecule has 0 aliphatic carbocycles. The normalized spacial score (nSPS) is 11.1. The third-order valence-corrected chi connectivity index (χ3v) is 5.96. The molecule has 0 spiro atoms. The highest BCUT2D eigenvalue weighted by Crippen LogP contribution is 2.32. The van der Waals surface area contributed by atoms with Crippen LogP contribution >= 0.6 is 23.1 Å². The number of thiophene rings is 1. The largest absolute Gasteiger partial charge is 0.384 e. The van der Waals surface area contributed by atoms with E-state index in [2.05, 4.69) is 46.4 Å². The molecule has 2 aromatic heterocycles. The van der Waals surface area contributed by atoms with Crippen LogP contribution in [0.3, 0.4) is 0 Å². The summed E-state index contributed by atoms with van der Waals surface area (Å²) in [5.41, 5.74) is 4.19. The van der Waals surface area contributed by atoms with Gasteiger partial charge in [-0.25, -0.2) is 4.98 Å². The Hall–Kier alpha value is -2.41. The average molecular weight is 395 g/mol. The number of nitrogens with one attached hydrogen (secondary N) is 1. The number of aromatic nitrogens is 2. The van der Waals surface area contributed by atoms with Gasteiger partial charge in [0, 0.05) is 23.8 Å². The van der Waals surface area contributed by atoms with Crippen molar-refractivity contribution in [3.63, 3.8) is 0 Å². The fourth-order valence-corrected chi connectivity index (χ4v) is 4.67. The summed E-state index contributed by atoms with van der Waals surface area (Å²) in [5.74, 6) is 0.754. The lowest BCUT2D eigenvalue weighted by molar-refractivity contribution is 0.218. The number of methoxy groups -OCH3 is 1. The van der Waals surface area contributed by atoms with Crippen LogP contribution in [0.5, 0.6) is 0 Å². The number of benzene rings is 2. The Labute approximate surface area is 165 Å². The van der Waals surface area contributed by atoms with Gasteiger partial charge in [0.1, 0.15) is 4.83 Å². The summed E-state index contributed by atoms with van der Waals surface area (Å²) < 4.78 is 5.05. The quantitative estimate of drug-likeness (QED) is 0.282. The molecule has 0 unspecified atom stereocenters. The first-order valence-electron chi connectivity index (χ1n) is 8.55. The van der Waals surface area contributed by atoms with Crippen molar-refractivity contribution in [1.29, 1.82) is 0 Å². The van der Waals surface area contributed by atoms with Gasteiger partial charge in [0.2, 0.25) is 0 Å². The second kappa shape index (κ2) is 8.08. The first kappa shape index (κ1) is 18.0. The molecule has 0 saturated carbocycles. The molecule has 0 radical (unpaired) electrons. The van der Waals surface area contributed by atoms with Crippen molar-refractivity contribution >= 4 is 33.3 Å². The molecule has 0 bridgehead atoms.